The number of hydrogen-bond acceptors (Lipinski definition) is 6. The maximum absolute atomic E-state index is 10.5. The monoisotopic (exact) mass is 414 g/mol. The van der Waals surface area contributed by atoms with Crippen molar-refractivity contribution in [2.75, 3.05) is 13.2 Å². The third kappa shape index (κ3) is 4.17. The fraction of sp³-hybridized carbons (Fsp3) is 0.500. The highest BCUT2D eigenvalue weighted by Crippen LogP contribution is 2.39. The number of aliphatic hydroxyl groups is 2. The fourth-order valence-corrected chi connectivity index (χ4v) is 3.93. The Balaban J connectivity index is 1.57. The van der Waals surface area contributed by atoms with Gasteiger partial charge in [0.1, 0.15) is 24.4 Å². The number of hydrogen-bond donors (Lipinski definition) is 2. The van der Waals surface area contributed by atoms with Gasteiger partial charge in [-0.1, -0.05) is 36.4 Å². The topological polar surface area (TPSA) is 77.4 Å². The summed E-state index contributed by atoms with van der Waals surface area (Å²) in [5, 5.41) is 20.1. The Morgan fingerprint density at radius 3 is 2.00 bits per heavy atom. The quantitative estimate of drug-likeness (QED) is 0.800. The lowest BCUT2D eigenvalue weighted by Gasteiger charge is -2.47. The van der Waals surface area contributed by atoms with E-state index in [1.54, 1.807) is 0 Å². The van der Waals surface area contributed by atoms with Crippen LogP contribution in [0.25, 0.3) is 0 Å². The van der Waals surface area contributed by atoms with Crippen molar-refractivity contribution in [3.8, 4) is 0 Å². The van der Waals surface area contributed by atoms with Crippen molar-refractivity contribution >= 4 is 0 Å². The minimum absolute atomic E-state index is 0.307. The van der Waals surface area contributed by atoms with Crippen molar-refractivity contribution in [2.24, 2.45) is 0 Å². The second-order valence-corrected chi connectivity index (χ2v) is 8.31. The van der Waals surface area contributed by atoms with Crippen LogP contribution in [0.2, 0.25) is 0 Å². The molecule has 162 valence electrons. The van der Waals surface area contributed by atoms with Gasteiger partial charge in [0.15, 0.2) is 12.6 Å². The van der Waals surface area contributed by atoms with Crippen molar-refractivity contribution in [3.05, 3.63) is 69.8 Å². The highest BCUT2D eigenvalue weighted by atomic mass is 16.8. The van der Waals surface area contributed by atoms with E-state index in [0.29, 0.717) is 6.61 Å². The average Bonchev–Trinajstić information content (AvgIpc) is 2.75. The molecule has 0 spiro atoms. The highest BCUT2D eigenvalue weighted by Gasteiger charge is 2.48. The third-order valence-electron chi connectivity index (χ3n) is 6.13. The number of ether oxygens (including phenoxy) is 4. The standard InChI is InChI=1S/C24H30O6/c1-13-5-7-17(9-15(13)3)23-27-12-20-22(30-23)21(19(26)11-25)29-24(28-20)18-8-6-14(2)16(4)10-18/h5-10,19-26H,11-12H2,1-4H3/t19-,20+,21+,22-,23+,24-/m1/s1. The molecule has 6 nitrogen and oxygen atoms in total. The van der Waals surface area contributed by atoms with Crippen molar-refractivity contribution in [2.45, 2.75) is 64.7 Å². The van der Waals surface area contributed by atoms with E-state index in [-0.39, 0.29) is 0 Å². The van der Waals surface area contributed by atoms with Gasteiger partial charge in [-0.15, -0.1) is 0 Å². The number of aliphatic hydroxyl groups excluding tert-OH is 2. The molecule has 0 aromatic heterocycles. The lowest BCUT2D eigenvalue weighted by molar-refractivity contribution is -0.373. The molecule has 2 heterocycles. The zero-order valence-electron chi connectivity index (χ0n) is 17.9. The molecule has 2 aromatic rings. The lowest BCUT2D eigenvalue weighted by Crippen LogP contribution is -2.58. The summed E-state index contributed by atoms with van der Waals surface area (Å²) in [6.45, 7) is 8.07. The van der Waals surface area contributed by atoms with Crippen LogP contribution in [-0.4, -0.2) is 47.8 Å². The van der Waals surface area contributed by atoms with E-state index < -0.39 is 43.6 Å². The molecule has 0 aliphatic carbocycles. The second-order valence-electron chi connectivity index (χ2n) is 8.31. The van der Waals surface area contributed by atoms with Crippen LogP contribution in [0, 0.1) is 27.7 Å². The lowest BCUT2D eigenvalue weighted by atomic mass is 9.98. The Morgan fingerprint density at radius 1 is 0.833 bits per heavy atom. The number of benzene rings is 2. The summed E-state index contributed by atoms with van der Waals surface area (Å²) >= 11 is 0. The van der Waals surface area contributed by atoms with E-state index >= 15 is 0 Å². The minimum Gasteiger partial charge on any atom is -0.394 e. The summed E-state index contributed by atoms with van der Waals surface area (Å²) in [4.78, 5) is 0. The molecule has 6 heteroatoms. The maximum atomic E-state index is 10.5. The van der Waals surface area contributed by atoms with Crippen molar-refractivity contribution < 1.29 is 29.2 Å². The van der Waals surface area contributed by atoms with Gasteiger partial charge in [0.05, 0.1) is 13.2 Å². The molecular weight excluding hydrogens is 384 g/mol. The normalized spacial score (nSPS) is 30.0. The summed E-state index contributed by atoms with van der Waals surface area (Å²) in [5.41, 5.74) is 6.43. The third-order valence-corrected chi connectivity index (χ3v) is 6.13. The highest BCUT2D eigenvalue weighted by molar-refractivity contribution is 5.32. The Hall–Kier alpha value is -1.80. The van der Waals surface area contributed by atoms with Crippen molar-refractivity contribution in [3.63, 3.8) is 0 Å². The molecule has 0 bridgehead atoms. The molecule has 6 atom stereocenters. The molecule has 2 aliphatic heterocycles. The van der Waals surface area contributed by atoms with E-state index in [1.165, 1.54) is 11.1 Å². The molecule has 0 amide bonds. The Labute approximate surface area is 177 Å². The molecule has 2 fully saturated rings. The van der Waals surface area contributed by atoms with Gasteiger partial charge in [-0.05, 0) is 49.9 Å². The predicted molar refractivity (Wildman–Crippen MR) is 111 cm³/mol. The van der Waals surface area contributed by atoms with E-state index in [2.05, 4.69) is 6.92 Å². The summed E-state index contributed by atoms with van der Waals surface area (Å²) in [7, 11) is 0. The first-order chi connectivity index (χ1) is 14.4. The van der Waals surface area contributed by atoms with Crippen LogP contribution in [0.4, 0.5) is 0 Å². The molecule has 2 saturated heterocycles. The predicted octanol–water partition coefficient (Wildman–Crippen LogP) is 3.17. The van der Waals surface area contributed by atoms with Crippen molar-refractivity contribution in [1.82, 2.24) is 0 Å². The van der Waals surface area contributed by atoms with Crippen LogP contribution in [0.5, 0.6) is 0 Å². The van der Waals surface area contributed by atoms with Crippen LogP contribution in [0.3, 0.4) is 0 Å². The first-order valence-corrected chi connectivity index (χ1v) is 10.4. The molecular formula is C24H30O6. The summed E-state index contributed by atoms with van der Waals surface area (Å²) in [5.74, 6) is 0. The smallest absolute Gasteiger partial charge is 0.184 e. The molecule has 0 radical (unpaired) electrons. The van der Waals surface area contributed by atoms with Crippen LogP contribution in [0.15, 0.2) is 36.4 Å². The molecule has 2 N–H and O–H groups in total. The van der Waals surface area contributed by atoms with Gasteiger partial charge >= 0.3 is 0 Å². The molecule has 0 unspecified atom stereocenters. The van der Waals surface area contributed by atoms with Gasteiger partial charge in [0.25, 0.3) is 0 Å². The van der Waals surface area contributed by atoms with E-state index in [1.807, 2.05) is 57.2 Å². The van der Waals surface area contributed by atoms with E-state index in [0.717, 1.165) is 22.3 Å². The number of rotatable bonds is 4. The Kier molecular flexibility index (Phi) is 6.25. The zero-order chi connectivity index (χ0) is 21.4. The Bertz CT molecular complexity index is 895. The molecule has 30 heavy (non-hydrogen) atoms. The largest absolute Gasteiger partial charge is 0.394 e. The zero-order valence-corrected chi connectivity index (χ0v) is 17.9. The number of fused-ring (bicyclic) bond motifs is 1. The van der Waals surface area contributed by atoms with E-state index in [4.69, 9.17) is 18.9 Å². The number of aryl methyl sites for hydroxylation is 4. The first kappa shape index (κ1) is 21.4. The van der Waals surface area contributed by atoms with Gasteiger partial charge in [0.2, 0.25) is 0 Å². The summed E-state index contributed by atoms with van der Waals surface area (Å²) < 4.78 is 24.4. The summed E-state index contributed by atoms with van der Waals surface area (Å²) in [6.07, 6.45) is -4.05. The van der Waals surface area contributed by atoms with Crippen LogP contribution < -0.4 is 0 Å². The average molecular weight is 414 g/mol. The minimum atomic E-state index is -1.09. The Morgan fingerprint density at radius 2 is 1.43 bits per heavy atom. The van der Waals surface area contributed by atoms with Crippen LogP contribution >= 0.6 is 0 Å². The molecule has 4 rings (SSSR count). The van der Waals surface area contributed by atoms with Crippen molar-refractivity contribution in [1.29, 1.82) is 0 Å². The fourth-order valence-electron chi connectivity index (χ4n) is 3.93. The molecule has 2 aliphatic rings. The molecule has 0 saturated carbocycles. The van der Waals surface area contributed by atoms with Crippen LogP contribution in [0.1, 0.15) is 46.0 Å². The van der Waals surface area contributed by atoms with Gasteiger partial charge in [-0.3, -0.25) is 0 Å². The second kappa shape index (κ2) is 8.75. The first-order valence-electron chi connectivity index (χ1n) is 10.4. The van der Waals surface area contributed by atoms with Crippen LogP contribution in [-0.2, 0) is 18.9 Å². The van der Waals surface area contributed by atoms with E-state index in [9.17, 15) is 10.2 Å². The van der Waals surface area contributed by atoms with Gasteiger partial charge in [0, 0.05) is 11.1 Å². The van der Waals surface area contributed by atoms with Gasteiger partial charge in [-0.25, -0.2) is 0 Å². The maximum Gasteiger partial charge on any atom is 0.184 e. The van der Waals surface area contributed by atoms with Gasteiger partial charge in [-0.2, -0.15) is 0 Å². The SMILES string of the molecule is Cc1ccc([C@H]2OC[C@@H]3O[C@@H](c4ccc(C)c(C)c4)O[C@@H]([C@H](O)CO)[C@@H]3O2)cc1C. The molecule has 2 aromatic carbocycles. The summed E-state index contributed by atoms with van der Waals surface area (Å²) in [6, 6.07) is 12.1. The van der Waals surface area contributed by atoms with Gasteiger partial charge < -0.3 is 29.2 Å².